The van der Waals surface area contributed by atoms with Crippen molar-refractivity contribution in [3.05, 3.63) is 0 Å². The summed E-state index contributed by atoms with van der Waals surface area (Å²) in [5.41, 5.74) is 0. The first kappa shape index (κ1) is 47.7. The summed E-state index contributed by atoms with van der Waals surface area (Å²) < 4.78 is 0. The molecule has 0 nitrogen and oxygen atoms in total. The van der Waals surface area contributed by atoms with Gasteiger partial charge in [0.1, 0.15) is 0 Å². The number of hydrogen-bond donors (Lipinski definition) is 8. The van der Waals surface area contributed by atoms with Crippen LogP contribution in [0.5, 0.6) is 0 Å². The second-order valence-corrected chi connectivity index (χ2v) is 21.4. The van der Waals surface area contributed by atoms with Crippen LogP contribution in [0.3, 0.4) is 0 Å². The summed E-state index contributed by atoms with van der Waals surface area (Å²) in [6.07, 6.45) is 0. The average Bonchev–Trinajstić information content (AvgIpc) is 2.98. The zero-order valence-corrected chi connectivity index (χ0v) is 37.0. The van der Waals surface area contributed by atoms with Crippen molar-refractivity contribution in [1.29, 1.82) is 0 Å². The molecule has 244 valence electrons. The Kier molecular flexibility index (Phi) is 48.6. The Labute approximate surface area is 326 Å². The molecular formula is C24H52S16. The fourth-order valence-corrected chi connectivity index (χ4v) is 15.3. The third kappa shape index (κ3) is 34.9. The zero-order chi connectivity index (χ0) is 30.1. The maximum atomic E-state index is 4.42. The monoisotopic (exact) mass is 852 g/mol. The molecule has 40 heavy (non-hydrogen) atoms. The molecule has 4 unspecified atom stereocenters. The first-order valence-corrected chi connectivity index (χ1v) is 27.1. The SMILES string of the molecule is SCCSC(CS)CSCCSCC(CS)SCCS.SCCSC(CS)CSCCSCC(CS)SCCS. The van der Waals surface area contributed by atoms with Gasteiger partial charge in [-0.15, -0.1) is 0 Å². The molecule has 16 heteroatoms. The van der Waals surface area contributed by atoms with Gasteiger partial charge >= 0.3 is 0 Å². The van der Waals surface area contributed by atoms with E-state index in [1.807, 2.05) is 47.0 Å². The van der Waals surface area contributed by atoms with E-state index in [4.69, 9.17) is 0 Å². The van der Waals surface area contributed by atoms with Crippen molar-refractivity contribution < 1.29 is 0 Å². The highest BCUT2D eigenvalue weighted by atomic mass is 32.2. The van der Waals surface area contributed by atoms with Gasteiger partial charge in [0.15, 0.2) is 0 Å². The summed E-state index contributed by atoms with van der Waals surface area (Å²) in [4.78, 5) is 0. The van der Waals surface area contributed by atoms with Crippen molar-refractivity contribution >= 4 is 195 Å². The molecule has 0 spiro atoms. The lowest BCUT2D eigenvalue weighted by Crippen LogP contribution is -2.12. The Balaban J connectivity index is 0. The lowest BCUT2D eigenvalue weighted by Gasteiger charge is -2.14. The minimum atomic E-state index is 0.677. The van der Waals surface area contributed by atoms with Gasteiger partial charge < -0.3 is 0 Å². The van der Waals surface area contributed by atoms with E-state index in [-0.39, 0.29) is 0 Å². The highest BCUT2D eigenvalue weighted by Crippen LogP contribution is 2.23. The van der Waals surface area contributed by atoms with Crippen LogP contribution in [0.2, 0.25) is 0 Å². The summed E-state index contributed by atoms with van der Waals surface area (Å²) in [6, 6.07) is 0. The molecular weight excluding hydrogens is 801 g/mol. The minimum absolute atomic E-state index is 0.677. The van der Waals surface area contributed by atoms with Crippen LogP contribution in [-0.4, -0.2) is 136 Å². The van der Waals surface area contributed by atoms with Crippen molar-refractivity contribution in [1.82, 2.24) is 0 Å². The third-order valence-corrected chi connectivity index (χ3v) is 20.3. The third-order valence-electron chi connectivity index (χ3n) is 4.55. The van der Waals surface area contributed by atoms with E-state index in [0.717, 1.165) is 69.0 Å². The maximum Gasteiger partial charge on any atom is 0.0226 e. The van der Waals surface area contributed by atoms with Gasteiger partial charge in [-0.3, -0.25) is 0 Å². The summed E-state index contributed by atoms with van der Waals surface area (Å²) in [5.74, 6) is 22.1. The Bertz CT molecular complexity index is 385. The van der Waals surface area contributed by atoms with E-state index >= 15 is 0 Å². The predicted octanol–water partition coefficient (Wildman–Crippen LogP) is 8.75. The van der Waals surface area contributed by atoms with Crippen molar-refractivity contribution in [3.63, 3.8) is 0 Å². The second-order valence-electron chi connectivity index (χ2n) is 7.90. The van der Waals surface area contributed by atoms with Gasteiger partial charge in [0, 0.05) is 113 Å². The molecule has 0 heterocycles. The zero-order valence-electron chi connectivity index (χ0n) is 23.3. The molecule has 4 atom stereocenters. The molecule has 0 N–H and O–H groups in total. The summed E-state index contributed by atoms with van der Waals surface area (Å²) >= 11 is 51.0. The molecule has 0 bridgehead atoms. The quantitative estimate of drug-likeness (QED) is 0.0264. The summed E-state index contributed by atoms with van der Waals surface area (Å²) in [6.45, 7) is 0. The van der Waals surface area contributed by atoms with Crippen LogP contribution in [0, 0.1) is 0 Å². The Hall–Kier alpha value is 5.60. The Morgan fingerprint density at radius 2 is 0.500 bits per heavy atom. The van der Waals surface area contributed by atoms with E-state index in [2.05, 4.69) is 148 Å². The van der Waals surface area contributed by atoms with E-state index in [1.165, 1.54) is 46.0 Å². The average molecular weight is 854 g/mol. The maximum absolute atomic E-state index is 4.42. The smallest absolute Gasteiger partial charge is 0.0226 e. The van der Waals surface area contributed by atoms with Gasteiger partial charge in [0.05, 0.1) is 0 Å². The molecule has 0 fully saturated rings. The Morgan fingerprint density at radius 1 is 0.300 bits per heavy atom. The van der Waals surface area contributed by atoms with Crippen LogP contribution in [-0.2, 0) is 0 Å². The summed E-state index contributed by atoms with van der Waals surface area (Å²) in [7, 11) is 0. The number of thioether (sulfide) groups is 8. The van der Waals surface area contributed by atoms with Crippen molar-refractivity contribution in [2.75, 3.05) is 115 Å². The molecule has 0 aromatic carbocycles. The fraction of sp³-hybridized carbons (Fsp3) is 1.00. The van der Waals surface area contributed by atoms with Crippen molar-refractivity contribution in [3.8, 4) is 0 Å². The highest BCUT2D eigenvalue weighted by molar-refractivity contribution is 8.07. The van der Waals surface area contributed by atoms with Crippen LogP contribution < -0.4 is 0 Å². The van der Waals surface area contributed by atoms with E-state index in [0.29, 0.717) is 21.0 Å². The van der Waals surface area contributed by atoms with Crippen LogP contribution in [0.15, 0.2) is 0 Å². The highest BCUT2D eigenvalue weighted by Gasteiger charge is 2.10. The van der Waals surface area contributed by atoms with E-state index in [9.17, 15) is 0 Å². The van der Waals surface area contributed by atoms with Crippen molar-refractivity contribution in [2.45, 2.75) is 21.0 Å². The van der Waals surface area contributed by atoms with Crippen LogP contribution in [0.1, 0.15) is 0 Å². The predicted molar refractivity (Wildman–Crippen MR) is 245 cm³/mol. The topological polar surface area (TPSA) is 0 Å². The molecule has 0 aromatic rings. The van der Waals surface area contributed by atoms with E-state index in [1.54, 1.807) is 0 Å². The molecule has 0 aliphatic rings. The lowest BCUT2D eigenvalue weighted by atomic mass is 10.5. The van der Waals surface area contributed by atoms with Crippen LogP contribution in [0.4, 0.5) is 0 Å². The van der Waals surface area contributed by atoms with Gasteiger partial charge in [-0.25, -0.2) is 0 Å². The largest absolute Gasteiger partial charge is 0.179 e. The molecule has 0 aliphatic heterocycles. The van der Waals surface area contributed by atoms with Crippen LogP contribution >= 0.6 is 195 Å². The molecule has 0 aliphatic carbocycles. The first-order valence-electron chi connectivity index (χ1n) is 13.2. The Morgan fingerprint density at radius 3 is 0.650 bits per heavy atom. The standard InChI is InChI=1S/2C12H26S8/c2*13-1-3-19-11(7-15)9-17-5-6-18-10-12(8-16)20-4-2-14/h2*11-16H,1-10H2. The number of thiol groups is 8. The number of rotatable bonds is 30. The number of hydrogen-bond acceptors (Lipinski definition) is 16. The van der Waals surface area contributed by atoms with Crippen LogP contribution in [0.25, 0.3) is 0 Å². The second kappa shape index (κ2) is 40.8. The molecule has 0 rings (SSSR count). The normalized spacial score (nSPS) is 14.4. The van der Waals surface area contributed by atoms with Gasteiger partial charge in [-0.05, 0) is 23.0 Å². The molecule has 0 amide bonds. The molecule has 0 aromatic heterocycles. The molecule has 0 saturated carbocycles. The lowest BCUT2D eigenvalue weighted by molar-refractivity contribution is 1.14. The van der Waals surface area contributed by atoms with E-state index < -0.39 is 0 Å². The fourth-order valence-electron chi connectivity index (χ4n) is 2.59. The van der Waals surface area contributed by atoms with Gasteiger partial charge in [0.2, 0.25) is 0 Å². The van der Waals surface area contributed by atoms with Crippen molar-refractivity contribution in [2.24, 2.45) is 0 Å². The molecule has 0 radical (unpaired) electrons. The molecule has 0 saturated heterocycles. The van der Waals surface area contributed by atoms with Gasteiger partial charge in [-0.1, -0.05) is 0 Å². The summed E-state index contributed by atoms with van der Waals surface area (Å²) in [5, 5.41) is 2.71. The minimum Gasteiger partial charge on any atom is -0.179 e. The first-order chi connectivity index (χ1) is 19.6. The van der Waals surface area contributed by atoms with Gasteiger partial charge in [-0.2, -0.15) is 195 Å². The van der Waals surface area contributed by atoms with Gasteiger partial charge in [0.25, 0.3) is 0 Å².